The lowest BCUT2D eigenvalue weighted by molar-refractivity contribution is 0.379. The first-order chi connectivity index (χ1) is 12.3. The van der Waals surface area contributed by atoms with Crippen LogP contribution in [0, 0.1) is 0 Å². The summed E-state index contributed by atoms with van der Waals surface area (Å²) < 4.78 is 12.9. The molecular formula is C19H20N4O2. The van der Waals surface area contributed by atoms with Crippen molar-refractivity contribution in [3.05, 3.63) is 66.0 Å². The molecule has 0 saturated carbocycles. The second-order valence-electron chi connectivity index (χ2n) is 6.00. The average molecular weight is 336 g/mol. The molecule has 128 valence electrons. The van der Waals surface area contributed by atoms with Crippen LogP contribution < -0.4 is 14.8 Å². The summed E-state index contributed by atoms with van der Waals surface area (Å²) in [6, 6.07) is 16.3. The number of rotatable bonds is 4. The number of ether oxygens (including phenoxy) is 2. The van der Waals surface area contributed by atoms with E-state index >= 15 is 0 Å². The Hall–Kier alpha value is -3.02. The maximum absolute atomic E-state index is 5.57. The van der Waals surface area contributed by atoms with Crippen molar-refractivity contribution < 1.29 is 9.47 Å². The van der Waals surface area contributed by atoms with Gasteiger partial charge in [0, 0.05) is 5.56 Å². The molecule has 0 fully saturated rings. The number of anilines is 1. The highest BCUT2D eigenvalue weighted by atomic mass is 16.5. The molecule has 1 N–H and O–H groups in total. The normalized spacial score (nSPS) is 19.0. The van der Waals surface area contributed by atoms with E-state index in [9.17, 15) is 0 Å². The molecule has 0 unspecified atom stereocenters. The number of hydrogen-bond acceptors (Lipinski definition) is 5. The molecule has 1 aromatic heterocycles. The van der Waals surface area contributed by atoms with Gasteiger partial charge in [0.1, 0.15) is 17.8 Å². The molecule has 0 saturated heterocycles. The molecular weight excluding hydrogens is 316 g/mol. The molecule has 0 amide bonds. The van der Waals surface area contributed by atoms with Gasteiger partial charge in [-0.2, -0.15) is 10.1 Å². The zero-order valence-electron chi connectivity index (χ0n) is 14.2. The number of hydrogen-bond donors (Lipinski definition) is 1. The van der Waals surface area contributed by atoms with Crippen LogP contribution in [0.15, 0.2) is 54.9 Å². The van der Waals surface area contributed by atoms with Crippen LogP contribution in [0.3, 0.4) is 0 Å². The Balaban J connectivity index is 1.75. The smallest absolute Gasteiger partial charge is 0.222 e. The van der Waals surface area contributed by atoms with Gasteiger partial charge in [0.15, 0.2) is 0 Å². The SMILES string of the molecule is COc1cccc([C@@H]2C[C@H](c3ccccc3OC)n3ncnc3N2)c1. The van der Waals surface area contributed by atoms with E-state index in [0.29, 0.717) is 0 Å². The summed E-state index contributed by atoms with van der Waals surface area (Å²) in [6.07, 6.45) is 2.42. The summed E-state index contributed by atoms with van der Waals surface area (Å²) >= 11 is 0. The minimum Gasteiger partial charge on any atom is -0.497 e. The third kappa shape index (κ3) is 2.80. The Bertz CT molecular complexity index is 877. The highest BCUT2D eigenvalue weighted by molar-refractivity contribution is 5.43. The molecule has 25 heavy (non-hydrogen) atoms. The van der Waals surface area contributed by atoms with E-state index < -0.39 is 0 Å². The third-order valence-corrected chi connectivity index (χ3v) is 4.62. The Morgan fingerprint density at radius 2 is 1.96 bits per heavy atom. The first kappa shape index (κ1) is 15.5. The fourth-order valence-corrected chi connectivity index (χ4v) is 3.40. The van der Waals surface area contributed by atoms with Crippen LogP contribution >= 0.6 is 0 Å². The van der Waals surface area contributed by atoms with Gasteiger partial charge in [0.2, 0.25) is 5.95 Å². The van der Waals surface area contributed by atoms with E-state index in [2.05, 4.69) is 33.6 Å². The molecule has 2 atom stereocenters. The molecule has 0 bridgehead atoms. The first-order valence-corrected chi connectivity index (χ1v) is 8.23. The van der Waals surface area contributed by atoms with Gasteiger partial charge < -0.3 is 14.8 Å². The van der Waals surface area contributed by atoms with Gasteiger partial charge in [-0.25, -0.2) is 4.68 Å². The van der Waals surface area contributed by atoms with Crippen molar-refractivity contribution in [3.63, 3.8) is 0 Å². The van der Waals surface area contributed by atoms with Gasteiger partial charge in [0.25, 0.3) is 0 Å². The van der Waals surface area contributed by atoms with Gasteiger partial charge in [-0.3, -0.25) is 0 Å². The molecule has 3 aromatic rings. The summed E-state index contributed by atoms with van der Waals surface area (Å²) in [6.45, 7) is 0. The van der Waals surface area contributed by atoms with E-state index in [-0.39, 0.29) is 12.1 Å². The van der Waals surface area contributed by atoms with Crippen LogP contribution in [0.2, 0.25) is 0 Å². The zero-order valence-corrected chi connectivity index (χ0v) is 14.2. The number of nitrogens with zero attached hydrogens (tertiary/aromatic N) is 3. The lowest BCUT2D eigenvalue weighted by Gasteiger charge is -2.32. The lowest BCUT2D eigenvalue weighted by atomic mass is 9.93. The van der Waals surface area contributed by atoms with Crippen LogP contribution in [0.1, 0.15) is 29.6 Å². The predicted molar refractivity (Wildman–Crippen MR) is 95.1 cm³/mol. The van der Waals surface area contributed by atoms with Gasteiger partial charge in [-0.05, 0) is 30.2 Å². The minimum atomic E-state index is 0.0473. The quantitative estimate of drug-likeness (QED) is 0.791. The van der Waals surface area contributed by atoms with Crippen LogP contribution in [-0.2, 0) is 0 Å². The van der Waals surface area contributed by atoms with Crippen LogP contribution in [-0.4, -0.2) is 29.0 Å². The summed E-state index contributed by atoms with van der Waals surface area (Å²) in [7, 11) is 3.38. The highest BCUT2D eigenvalue weighted by Crippen LogP contribution is 2.40. The monoisotopic (exact) mass is 336 g/mol. The molecule has 6 heteroatoms. The minimum absolute atomic E-state index is 0.0473. The van der Waals surface area contributed by atoms with Gasteiger partial charge >= 0.3 is 0 Å². The fourth-order valence-electron chi connectivity index (χ4n) is 3.40. The third-order valence-electron chi connectivity index (χ3n) is 4.62. The number of methoxy groups -OCH3 is 2. The largest absolute Gasteiger partial charge is 0.497 e. The van der Waals surface area contributed by atoms with Crippen molar-refractivity contribution in [2.24, 2.45) is 0 Å². The van der Waals surface area contributed by atoms with E-state index in [1.54, 1.807) is 20.5 Å². The molecule has 6 nitrogen and oxygen atoms in total. The molecule has 1 aliphatic rings. The maximum atomic E-state index is 5.57. The molecule has 0 aliphatic carbocycles. The van der Waals surface area contributed by atoms with Gasteiger partial charge in [-0.15, -0.1) is 0 Å². The number of nitrogens with one attached hydrogen (secondary N) is 1. The van der Waals surface area contributed by atoms with E-state index in [4.69, 9.17) is 9.47 Å². The van der Waals surface area contributed by atoms with Crippen LogP contribution in [0.5, 0.6) is 11.5 Å². The maximum Gasteiger partial charge on any atom is 0.222 e. The molecule has 2 heterocycles. The lowest BCUT2D eigenvalue weighted by Crippen LogP contribution is -2.28. The molecule has 4 rings (SSSR count). The van der Waals surface area contributed by atoms with E-state index in [1.165, 1.54) is 0 Å². The van der Waals surface area contributed by atoms with Crippen molar-refractivity contribution in [1.82, 2.24) is 14.8 Å². The van der Waals surface area contributed by atoms with Crippen molar-refractivity contribution in [1.29, 1.82) is 0 Å². The zero-order chi connectivity index (χ0) is 17.2. The number of aromatic nitrogens is 3. The van der Waals surface area contributed by atoms with Gasteiger partial charge in [0.05, 0.1) is 26.3 Å². The molecule has 2 aromatic carbocycles. The second kappa shape index (κ2) is 6.47. The number of para-hydroxylation sites is 1. The summed E-state index contributed by atoms with van der Waals surface area (Å²) in [4.78, 5) is 4.38. The summed E-state index contributed by atoms with van der Waals surface area (Å²) in [5.41, 5.74) is 2.26. The van der Waals surface area contributed by atoms with Crippen LogP contribution in [0.4, 0.5) is 5.95 Å². The van der Waals surface area contributed by atoms with Crippen molar-refractivity contribution in [2.75, 3.05) is 19.5 Å². The molecule has 0 spiro atoms. The fraction of sp³-hybridized carbons (Fsp3) is 0.263. The van der Waals surface area contributed by atoms with Crippen molar-refractivity contribution >= 4 is 5.95 Å². The standard InChI is InChI=1S/C19H20N4O2/c1-24-14-7-5-6-13(10-14)16-11-17(23-19(22-16)20-12-21-23)15-8-3-4-9-18(15)25-2/h3-10,12,16-17H,11H2,1-2H3,(H,20,21,22)/t16-,17+/m0/s1. The highest BCUT2D eigenvalue weighted by Gasteiger charge is 2.31. The summed E-state index contributed by atoms with van der Waals surface area (Å²) in [5, 5.41) is 7.89. The second-order valence-corrected chi connectivity index (χ2v) is 6.00. The van der Waals surface area contributed by atoms with E-state index in [1.807, 2.05) is 35.0 Å². The van der Waals surface area contributed by atoms with Crippen molar-refractivity contribution in [3.8, 4) is 11.5 Å². The Morgan fingerprint density at radius 3 is 2.80 bits per heavy atom. The van der Waals surface area contributed by atoms with Gasteiger partial charge in [-0.1, -0.05) is 30.3 Å². The first-order valence-electron chi connectivity index (χ1n) is 8.23. The Kier molecular flexibility index (Phi) is 4.01. The Morgan fingerprint density at radius 1 is 1.08 bits per heavy atom. The van der Waals surface area contributed by atoms with Crippen molar-refractivity contribution in [2.45, 2.75) is 18.5 Å². The number of benzene rings is 2. The molecule has 0 radical (unpaired) electrons. The summed E-state index contributed by atoms with van der Waals surface area (Å²) in [5.74, 6) is 2.47. The van der Waals surface area contributed by atoms with E-state index in [0.717, 1.165) is 35.0 Å². The number of fused-ring (bicyclic) bond motifs is 1. The topological polar surface area (TPSA) is 61.2 Å². The predicted octanol–water partition coefficient (Wildman–Crippen LogP) is 3.44. The Labute approximate surface area is 146 Å². The average Bonchev–Trinajstić information content (AvgIpc) is 3.16. The molecule has 1 aliphatic heterocycles. The van der Waals surface area contributed by atoms with Crippen LogP contribution in [0.25, 0.3) is 0 Å².